The van der Waals surface area contributed by atoms with E-state index in [0.717, 1.165) is 36.1 Å². The van der Waals surface area contributed by atoms with E-state index in [0.29, 0.717) is 24.7 Å². The first-order valence-electron chi connectivity index (χ1n) is 11.7. The number of oxime groups is 1. The molecule has 3 aliphatic rings. The maximum Gasteiger partial charge on any atom is 0.106 e. The van der Waals surface area contributed by atoms with Crippen LogP contribution in [0.5, 0.6) is 0 Å². The van der Waals surface area contributed by atoms with Crippen molar-refractivity contribution >= 4 is 5.71 Å². The van der Waals surface area contributed by atoms with E-state index < -0.39 is 12.2 Å². The minimum Gasteiger partial charge on any atom is -0.399 e. The molecule has 0 spiro atoms. The highest BCUT2D eigenvalue weighted by atomic mass is 16.6. The van der Waals surface area contributed by atoms with Crippen molar-refractivity contribution in [2.45, 2.75) is 77.9 Å². The van der Waals surface area contributed by atoms with Crippen LogP contribution in [-0.2, 0) is 4.84 Å². The predicted octanol–water partition coefficient (Wildman–Crippen LogP) is 5.65. The molecule has 0 aromatic heterocycles. The zero-order valence-electron chi connectivity index (χ0n) is 19.6. The molecule has 5 atom stereocenters. The van der Waals surface area contributed by atoms with E-state index in [-0.39, 0.29) is 5.41 Å². The SMILES string of the molecule is C=C1/C(=C\C=C2/CCC[C@]3(C)C([C@@H](C)C/C=C/C(C)=N\OC)=CC[C@@H]23)C[C@@H](O)C[C@@H]1O. The Morgan fingerprint density at radius 3 is 2.90 bits per heavy atom. The summed E-state index contributed by atoms with van der Waals surface area (Å²) in [7, 11) is 1.57. The smallest absolute Gasteiger partial charge is 0.106 e. The average molecular weight is 426 g/mol. The Hall–Kier alpha value is -1.91. The van der Waals surface area contributed by atoms with Crippen molar-refractivity contribution in [1.82, 2.24) is 0 Å². The molecular formula is C27H39NO3. The molecule has 31 heavy (non-hydrogen) atoms. The van der Waals surface area contributed by atoms with Crippen LogP contribution < -0.4 is 0 Å². The number of allylic oxidation sites excluding steroid dienone is 7. The maximum absolute atomic E-state index is 10.1. The van der Waals surface area contributed by atoms with Crippen molar-refractivity contribution in [3.8, 4) is 0 Å². The Labute approximate surface area is 187 Å². The predicted molar refractivity (Wildman–Crippen MR) is 128 cm³/mol. The molecule has 0 aromatic rings. The van der Waals surface area contributed by atoms with Crippen molar-refractivity contribution in [2.24, 2.45) is 22.4 Å². The Balaban J connectivity index is 1.73. The fourth-order valence-electron chi connectivity index (χ4n) is 5.83. The van der Waals surface area contributed by atoms with Crippen LogP contribution >= 0.6 is 0 Å². The molecule has 0 aromatic carbocycles. The Morgan fingerprint density at radius 1 is 1.39 bits per heavy atom. The number of rotatable bonds is 6. The van der Waals surface area contributed by atoms with Crippen molar-refractivity contribution in [2.75, 3.05) is 7.11 Å². The number of hydrogen-bond donors (Lipinski definition) is 2. The number of aliphatic hydroxyl groups excluding tert-OH is 2. The summed E-state index contributed by atoms with van der Waals surface area (Å²) in [4.78, 5) is 4.83. The van der Waals surface area contributed by atoms with Gasteiger partial charge in [-0.05, 0) is 79.9 Å². The van der Waals surface area contributed by atoms with Gasteiger partial charge < -0.3 is 15.1 Å². The summed E-state index contributed by atoms with van der Waals surface area (Å²) in [5, 5.41) is 24.1. The maximum atomic E-state index is 10.1. The highest BCUT2D eigenvalue weighted by Gasteiger charge is 2.45. The van der Waals surface area contributed by atoms with E-state index in [1.54, 1.807) is 12.7 Å². The van der Waals surface area contributed by atoms with Crippen LogP contribution in [0.3, 0.4) is 0 Å². The fourth-order valence-corrected chi connectivity index (χ4v) is 5.83. The second-order valence-electron chi connectivity index (χ2n) is 9.74. The first-order chi connectivity index (χ1) is 14.8. The Bertz CT molecular complexity index is 831. The van der Waals surface area contributed by atoms with Gasteiger partial charge in [0.05, 0.1) is 17.9 Å². The van der Waals surface area contributed by atoms with Crippen LogP contribution in [0.4, 0.5) is 0 Å². The van der Waals surface area contributed by atoms with Gasteiger partial charge >= 0.3 is 0 Å². The first kappa shape index (κ1) is 23.7. The van der Waals surface area contributed by atoms with E-state index in [1.165, 1.54) is 18.4 Å². The first-order valence-corrected chi connectivity index (χ1v) is 11.7. The molecule has 0 bridgehead atoms. The lowest BCUT2D eigenvalue weighted by molar-refractivity contribution is 0.0862. The summed E-state index contributed by atoms with van der Waals surface area (Å²) >= 11 is 0. The largest absolute Gasteiger partial charge is 0.399 e. The lowest BCUT2D eigenvalue weighted by atomic mass is 9.62. The number of fused-ring (bicyclic) bond motifs is 1. The summed E-state index contributed by atoms with van der Waals surface area (Å²) in [5.41, 5.74) is 5.95. The highest BCUT2D eigenvalue weighted by molar-refractivity contribution is 5.92. The summed E-state index contributed by atoms with van der Waals surface area (Å²) in [6, 6.07) is 0. The quantitative estimate of drug-likeness (QED) is 0.328. The third-order valence-electron chi connectivity index (χ3n) is 7.49. The summed E-state index contributed by atoms with van der Waals surface area (Å²) in [6.07, 6.45) is 16.6. The van der Waals surface area contributed by atoms with E-state index in [9.17, 15) is 10.2 Å². The molecular weight excluding hydrogens is 386 g/mol. The van der Waals surface area contributed by atoms with Gasteiger partial charge in [0.15, 0.2) is 0 Å². The van der Waals surface area contributed by atoms with Crippen LogP contribution in [-0.4, -0.2) is 35.2 Å². The van der Waals surface area contributed by atoms with Gasteiger partial charge in [0, 0.05) is 6.42 Å². The van der Waals surface area contributed by atoms with Gasteiger partial charge in [-0.1, -0.05) is 61.0 Å². The number of aliphatic hydroxyl groups is 2. The minimum atomic E-state index is -0.628. The van der Waals surface area contributed by atoms with Gasteiger partial charge in [0.1, 0.15) is 7.11 Å². The molecule has 3 aliphatic carbocycles. The fraction of sp³-hybridized carbons (Fsp3) is 0.593. The molecule has 0 amide bonds. The second kappa shape index (κ2) is 10.1. The molecule has 0 aliphatic heterocycles. The van der Waals surface area contributed by atoms with Crippen LogP contribution in [0.2, 0.25) is 0 Å². The normalized spacial score (nSPS) is 35.5. The van der Waals surface area contributed by atoms with Gasteiger partial charge in [0.2, 0.25) is 0 Å². The summed E-state index contributed by atoms with van der Waals surface area (Å²) < 4.78 is 0. The Kier molecular flexibility index (Phi) is 7.77. The summed E-state index contributed by atoms with van der Waals surface area (Å²) in [5.74, 6) is 1.05. The van der Waals surface area contributed by atoms with E-state index in [1.807, 2.05) is 13.0 Å². The molecule has 4 heteroatoms. The van der Waals surface area contributed by atoms with Gasteiger partial charge in [-0.15, -0.1) is 0 Å². The van der Waals surface area contributed by atoms with Crippen molar-refractivity contribution < 1.29 is 15.1 Å². The molecule has 0 unspecified atom stereocenters. The second-order valence-corrected chi connectivity index (χ2v) is 9.74. The third kappa shape index (κ3) is 5.30. The topological polar surface area (TPSA) is 62.0 Å². The lowest BCUT2D eigenvalue weighted by Gasteiger charge is -2.42. The van der Waals surface area contributed by atoms with E-state index >= 15 is 0 Å². The standard InChI is InChI=1S/C27H39NO3/c1-18(8-6-9-19(2)28-31-5)24-13-14-25-21(10-7-15-27(24,25)4)11-12-22-16-23(29)17-26(30)20(22)3/h6,9,11-13,18,23,25-26,29-30H,3,7-8,10,14-17H2,1-2,4-5H3/b9-6+,21-11+,22-12-,28-19-/t18-,23+,25-,26-,27+/m0/s1. The van der Waals surface area contributed by atoms with Gasteiger partial charge in [-0.3, -0.25) is 0 Å². The average Bonchev–Trinajstić information content (AvgIpc) is 3.07. The van der Waals surface area contributed by atoms with Gasteiger partial charge in [0.25, 0.3) is 0 Å². The lowest BCUT2D eigenvalue weighted by Crippen LogP contribution is -2.32. The van der Waals surface area contributed by atoms with Crippen LogP contribution in [0.25, 0.3) is 0 Å². The van der Waals surface area contributed by atoms with Gasteiger partial charge in [-0.25, -0.2) is 0 Å². The molecule has 0 radical (unpaired) electrons. The van der Waals surface area contributed by atoms with Crippen molar-refractivity contribution in [1.29, 1.82) is 0 Å². The van der Waals surface area contributed by atoms with Gasteiger partial charge in [-0.2, -0.15) is 0 Å². The molecule has 2 N–H and O–H groups in total. The van der Waals surface area contributed by atoms with Crippen LogP contribution in [0.15, 0.2) is 64.4 Å². The molecule has 4 nitrogen and oxygen atoms in total. The molecule has 170 valence electrons. The molecule has 3 rings (SSSR count). The molecule has 2 saturated carbocycles. The zero-order chi connectivity index (χ0) is 22.6. The number of nitrogens with zero attached hydrogens (tertiary/aromatic N) is 1. The monoisotopic (exact) mass is 425 g/mol. The van der Waals surface area contributed by atoms with E-state index in [2.05, 4.69) is 49.9 Å². The van der Waals surface area contributed by atoms with Crippen molar-refractivity contribution in [3.05, 3.63) is 59.3 Å². The number of hydrogen-bond acceptors (Lipinski definition) is 4. The molecule has 2 fully saturated rings. The van der Waals surface area contributed by atoms with Crippen molar-refractivity contribution in [3.63, 3.8) is 0 Å². The Morgan fingerprint density at radius 2 is 2.16 bits per heavy atom. The van der Waals surface area contributed by atoms with Crippen LogP contribution in [0, 0.1) is 17.3 Å². The van der Waals surface area contributed by atoms with E-state index in [4.69, 9.17) is 4.84 Å². The zero-order valence-corrected chi connectivity index (χ0v) is 19.6. The molecule has 0 heterocycles. The summed E-state index contributed by atoms with van der Waals surface area (Å²) in [6.45, 7) is 10.8. The molecule has 0 saturated heterocycles. The highest BCUT2D eigenvalue weighted by Crippen LogP contribution is 2.56. The van der Waals surface area contributed by atoms with Crippen LogP contribution in [0.1, 0.15) is 65.7 Å². The third-order valence-corrected chi connectivity index (χ3v) is 7.49. The minimum absolute atomic E-state index is 0.216.